The van der Waals surface area contributed by atoms with Crippen molar-refractivity contribution in [3.8, 4) is 22.5 Å². The molecule has 0 fully saturated rings. The molecular weight excluding hydrogens is 1110 g/mol. The number of aromatic nitrogens is 6. The number of nitrogens with two attached hydrogens (primary N) is 2. The van der Waals surface area contributed by atoms with Gasteiger partial charge in [0.25, 0.3) is 0 Å². The van der Waals surface area contributed by atoms with Crippen molar-refractivity contribution in [2.45, 2.75) is 51.3 Å². The number of nitrogen functional groups attached to an aromatic ring is 2. The first kappa shape index (κ1) is 66.2. The molecule has 0 saturated heterocycles. The topological polar surface area (TPSA) is 388 Å². The average molecular weight is 1150 g/mol. The first-order chi connectivity index (χ1) is 34.8. The Hall–Kier alpha value is -4.34. The van der Waals surface area contributed by atoms with E-state index < -0.39 is 45.9 Å². The van der Waals surface area contributed by atoms with Crippen LogP contribution in [0.1, 0.15) is 33.4 Å². The van der Waals surface area contributed by atoms with Crippen molar-refractivity contribution in [2.24, 2.45) is 0 Å². The van der Waals surface area contributed by atoms with E-state index in [4.69, 9.17) is 15.9 Å². The predicted molar refractivity (Wildman–Crippen MR) is 272 cm³/mol. The Morgan fingerprint density at radius 2 is 1.19 bits per heavy atom. The number of hydrogen-bond donors (Lipinski definition) is 8. The molecular formula is C47H44N14Na4O10S3. The molecule has 0 amide bonds. The third kappa shape index (κ3) is 15.2. The first-order valence-electron chi connectivity index (χ1n) is 21.9. The third-order valence-electron chi connectivity index (χ3n) is 11.5. The summed E-state index contributed by atoms with van der Waals surface area (Å²) >= 11 is 0. The number of hydrogen-bond acceptors (Lipinski definition) is 23. The number of rotatable bonds is 16. The molecule has 0 atom stereocenters. The summed E-state index contributed by atoms with van der Waals surface area (Å²) in [6.45, 7) is 14.1. The number of nitrogens with zero attached hydrogens (tertiary/aromatic N) is 6. The van der Waals surface area contributed by atoms with Gasteiger partial charge in [0.2, 0.25) is 40.8 Å². The van der Waals surface area contributed by atoms with Crippen LogP contribution in [-0.4, -0.2) is 81.1 Å². The van der Waals surface area contributed by atoms with Crippen LogP contribution in [0, 0.1) is 53.8 Å². The van der Waals surface area contributed by atoms with Crippen LogP contribution in [0.25, 0.3) is 33.4 Å². The maximum Gasteiger partial charge on any atom is 1.00 e. The summed E-state index contributed by atoms with van der Waals surface area (Å²) in [5.41, 5.74) is 18.5. The minimum atomic E-state index is -5.34. The molecule has 8 rings (SSSR count). The molecule has 0 bridgehead atoms. The van der Waals surface area contributed by atoms with Crippen LogP contribution in [0.5, 0.6) is 0 Å². The molecule has 3 heterocycles. The Morgan fingerprint density at radius 3 is 1.78 bits per heavy atom. The van der Waals surface area contributed by atoms with E-state index >= 15 is 0 Å². The van der Waals surface area contributed by atoms with Crippen molar-refractivity contribution in [2.75, 3.05) is 50.3 Å². The van der Waals surface area contributed by atoms with Crippen LogP contribution in [0.4, 0.5) is 64.1 Å². The summed E-state index contributed by atoms with van der Waals surface area (Å²) < 4.78 is 118. The second-order valence-corrected chi connectivity index (χ2v) is 21.0. The second kappa shape index (κ2) is 26.5. The van der Waals surface area contributed by atoms with Crippen molar-refractivity contribution in [3.05, 3.63) is 118 Å². The van der Waals surface area contributed by atoms with Crippen LogP contribution >= 0.6 is 0 Å². The molecule has 78 heavy (non-hydrogen) atoms. The van der Waals surface area contributed by atoms with Crippen LogP contribution in [0.2, 0.25) is 0 Å². The minimum absolute atomic E-state index is 0. The maximum atomic E-state index is 13.3. The van der Waals surface area contributed by atoms with Crippen LogP contribution in [-0.2, 0) is 30.4 Å². The molecule has 31 heteroatoms. The fraction of sp³-hybridized carbons (Fsp3) is 0.170. The molecule has 2 aromatic heterocycles. The van der Waals surface area contributed by atoms with Crippen LogP contribution in [0.3, 0.4) is 0 Å². The Bertz CT molecular complexity index is 4030. The Kier molecular flexibility index (Phi) is 22.5. The van der Waals surface area contributed by atoms with Gasteiger partial charge >= 0.3 is 118 Å². The predicted octanol–water partition coefficient (Wildman–Crippen LogP) is -7.93. The summed E-state index contributed by atoms with van der Waals surface area (Å²) in [4.78, 5) is 26.6. The summed E-state index contributed by atoms with van der Waals surface area (Å²) in [6.07, 6.45) is 2.49. The summed E-state index contributed by atoms with van der Waals surface area (Å²) in [5.74, 6) is -1.01. The van der Waals surface area contributed by atoms with Gasteiger partial charge in [0.05, 0.1) is 38.5 Å². The van der Waals surface area contributed by atoms with Gasteiger partial charge in [-0.2, -0.15) is 44.8 Å². The van der Waals surface area contributed by atoms with E-state index in [2.05, 4.69) is 80.3 Å². The largest absolute Gasteiger partial charge is 1.00 e. The zero-order valence-electron chi connectivity index (χ0n) is 44.0. The average Bonchev–Trinajstić information content (AvgIpc) is 3.31. The van der Waals surface area contributed by atoms with E-state index in [1.807, 2.05) is 26.8 Å². The van der Waals surface area contributed by atoms with Crippen molar-refractivity contribution in [1.82, 2.24) is 29.9 Å². The van der Waals surface area contributed by atoms with E-state index in [9.17, 15) is 38.9 Å². The third-order valence-corrected chi connectivity index (χ3v) is 14.0. The van der Waals surface area contributed by atoms with Gasteiger partial charge in [0, 0.05) is 40.2 Å². The standard InChI is InChI=1S/C47H46N14O10S3.4Na/c1-8-50-44-56-42(48)58-46(60-44)54-40-24(4)17-22(2)38(26(40)6)52-28-13-14-29-33(19-28)71-34-21-32(36(74(68,69)70)20-31(34)37(29)30-11-9-10-12-35(30)73(65,66)67)53-39-23(3)18-25(5)41(27(39)7)55-47-59-43(49)57-45(61-47)51-15-16-72(62,63)64;;;;/h9-12,14,17-21,52H,1,15-16H2,2-7H3,(H,62,63,64)(H,65,66,67)(H,68,69,70)(H4,48,50,54,56,58,60)(H4,49,51,55,57,59,61);;;;/q-2;4*+1/p-2. The molecule has 1 aliphatic carbocycles. The number of benzene rings is 5. The quantitative estimate of drug-likeness (QED) is 0.0146. The molecule has 384 valence electrons. The monoisotopic (exact) mass is 1150 g/mol. The molecule has 1 aliphatic heterocycles. The Morgan fingerprint density at radius 1 is 0.654 bits per heavy atom. The van der Waals surface area contributed by atoms with E-state index in [1.54, 1.807) is 32.9 Å². The molecule has 6 aromatic rings. The van der Waals surface area contributed by atoms with Crippen LogP contribution in [0.15, 0.2) is 81.5 Å². The number of fused-ring (bicyclic) bond motifs is 2. The van der Waals surface area contributed by atoms with E-state index in [0.717, 1.165) is 28.8 Å². The number of nitrogens with one attached hydrogen (secondary N) is 6. The van der Waals surface area contributed by atoms with Crippen molar-refractivity contribution in [1.29, 1.82) is 0 Å². The summed E-state index contributed by atoms with van der Waals surface area (Å²) in [7, 11) is -15.0. The fourth-order valence-electron chi connectivity index (χ4n) is 8.44. The molecule has 2 aliphatic rings. The van der Waals surface area contributed by atoms with Crippen molar-refractivity contribution >= 4 is 105 Å². The van der Waals surface area contributed by atoms with Gasteiger partial charge in [0.15, 0.2) is 0 Å². The second-order valence-electron chi connectivity index (χ2n) is 16.8. The maximum absolute atomic E-state index is 13.3. The van der Waals surface area contributed by atoms with Crippen molar-refractivity contribution in [3.63, 3.8) is 0 Å². The molecule has 4 aromatic carbocycles. The SMILES string of the molecule is C=[C-]Nc1nc(N)nc(Nc2c(C)cc(C)c(Nc3[c-]cc4c(-c5ccccc5S(=O)(=O)[O-])c5cc(S(=O)(=O)[O-])c(=[NH+]c6c(C)cc(C)c(Nc7nc(N)nc(NCCS(=O)(=O)[O-])n7)c6C)cc-5oc4c3)c2C)n1.[Na+].[Na+].[Na+].[Na+]. The van der Waals surface area contributed by atoms with Gasteiger partial charge in [-0.1, -0.05) is 40.9 Å². The first-order valence-corrected chi connectivity index (χ1v) is 26.3. The smallest absolute Gasteiger partial charge is 0.748 e. The van der Waals surface area contributed by atoms with Gasteiger partial charge in [-0.15, -0.1) is 6.07 Å². The number of anilines is 10. The minimum Gasteiger partial charge on any atom is -0.748 e. The van der Waals surface area contributed by atoms with Gasteiger partial charge in [0.1, 0.15) is 30.9 Å². The van der Waals surface area contributed by atoms with Crippen LogP contribution < -0.4 is 167 Å². The van der Waals surface area contributed by atoms with E-state index in [-0.39, 0.29) is 199 Å². The fourth-order valence-corrected chi connectivity index (χ4v) is 10.1. The van der Waals surface area contributed by atoms with Gasteiger partial charge in [-0.25, -0.2) is 30.2 Å². The Balaban J connectivity index is 0.00000328. The van der Waals surface area contributed by atoms with E-state index in [0.29, 0.717) is 45.1 Å². The molecule has 10 N–H and O–H groups in total. The zero-order valence-corrected chi connectivity index (χ0v) is 54.5. The molecule has 0 radical (unpaired) electrons. The normalized spacial score (nSPS) is 11.6. The molecule has 0 unspecified atom stereocenters. The molecule has 24 nitrogen and oxygen atoms in total. The zero-order chi connectivity index (χ0) is 53.6. The van der Waals surface area contributed by atoms with Gasteiger partial charge in [-0.3, -0.25) is 9.97 Å². The summed E-state index contributed by atoms with van der Waals surface area (Å²) in [5, 5.41) is 14.9. The number of aryl methyl sites for hydroxylation is 4. The van der Waals surface area contributed by atoms with Gasteiger partial charge < -0.3 is 56.1 Å². The van der Waals surface area contributed by atoms with Crippen molar-refractivity contribution < 1.29 is 167 Å². The van der Waals surface area contributed by atoms with Gasteiger partial charge in [-0.05, 0) is 87.6 Å². The molecule has 0 spiro atoms. The summed E-state index contributed by atoms with van der Waals surface area (Å²) in [6, 6.07) is 17.6. The molecule has 0 saturated carbocycles. The van der Waals surface area contributed by atoms with E-state index in [1.165, 1.54) is 30.3 Å². The Labute approximate surface area is 537 Å².